The first-order chi connectivity index (χ1) is 18.6. The van der Waals surface area contributed by atoms with Crippen LogP contribution in [0.4, 0.5) is 18.9 Å². The molecule has 0 saturated carbocycles. The third-order valence-corrected chi connectivity index (χ3v) is 8.51. The van der Waals surface area contributed by atoms with Gasteiger partial charge in [-0.1, -0.05) is 30.3 Å². The number of rotatable bonds is 4. The fourth-order valence-corrected chi connectivity index (χ4v) is 7.00. The molecule has 3 fully saturated rings. The third kappa shape index (κ3) is 3.68. The Hall–Kier alpha value is -3.79. The number of halogens is 3. The molecule has 3 saturated heterocycles. The van der Waals surface area contributed by atoms with Crippen molar-refractivity contribution >= 4 is 29.3 Å². The lowest BCUT2D eigenvalue weighted by molar-refractivity contribution is -0.164. The monoisotopic (exact) mass is 538 g/mol. The van der Waals surface area contributed by atoms with Crippen LogP contribution in [-0.4, -0.2) is 47.2 Å². The van der Waals surface area contributed by atoms with Gasteiger partial charge in [0.05, 0.1) is 29.7 Å². The highest BCUT2D eigenvalue weighted by atomic mass is 19.4. The molecule has 0 unspecified atom stereocenters. The van der Waals surface area contributed by atoms with E-state index in [-0.39, 0.29) is 37.7 Å². The maximum atomic E-state index is 14.1. The van der Waals surface area contributed by atoms with E-state index in [1.165, 1.54) is 18.2 Å². The molecule has 2 aromatic carbocycles. The van der Waals surface area contributed by atoms with E-state index >= 15 is 0 Å². The zero-order valence-corrected chi connectivity index (χ0v) is 21.0. The number of carbonyl (C=O) groups is 4. The number of ether oxygens (including phenoxy) is 1. The molecule has 2 aromatic rings. The number of alkyl halides is 3. The summed E-state index contributed by atoms with van der Waals surface area (Å²) in [6.45, 7) is 1.80. The normalized spacial score (nSPS) is 30.2. The third-order valence-electron chi connectivity index (χ3n) is 8.51. The van der Waals surface area contributed by atoms with E-state index < -0.39 is 52.9 Å². The minimum absolute atomic E-state index is 0.0353. The van der Waals surface area contributed by atoms with Gasteiger partial charge in [-0.15, -0.1) is 0 Å². The SMILES string of the molecule is CCOC(=O)[C@]12C[C@H]3CC(=O)C=C3CN1[C@H](c1ccc(C(F)(F)F)cc1)[C@@H]1C(=O)N(c3ccccc3)C(=O)[C@@H]12. The van der Waals surface area contributed by atoms with Crippen molar-refractivity contribution in [3.8, 4) is 0 Å². The van der Waals surface area contributed by atoms with Crippen LogP contribution in [0.3, 0.4) is 0 Å². The van der Waals surface area contributed by atoms with Gasteiger partial charge in [-0.05, 0) is 60.7 Å². The van der Waals surface area contributed by atoms with Gasteiger partial charge >= 0.3 is 12.1 Å². The number of allylic oxidation sites excluding steroid dienone is 1. The van der Waals surface area contributed by atoms with Crippen molar-refractivity contribution in [3.05, 3.63) is 77.4 Å². The maximum Gasteiger partial charge on any atom is 0.416 e. The molecule has 39 heavy (non-hydrogen) atoms. The van der Waals surface area contributed by atoms with Crippen molar-refractivity contribution in [2.24, 2.45) is 17.8 Å². The molecule has 6 rings (SSSR count). The number of hydrogen-bond acceptors (Lipinski definition) is 6. The van der Waals surface area contributed by atoms with Gasteiger partial charge in [0.1, 0.15) is 5.54 Å². The fraction of sp³-hybridized carbons (Fsp3) is 0.379. The van der Waals surface area contributed by atoms with Gasteiger partial charge in [0.15, 0.2) is 5.78 Å². The van der Waals surface area contributed by atoms with Gasteiger partial charge in [-0.2, -0.15) is 13.2 Å². The predicted octanol–water partition coefficient (Wildman–Crippen LogP) is 4.09. The van der Waals surface area contributed by atoms with Gasteiger partial charge in [0.25, 0.3) is 0 Å². The number of ketones is 1. The summed E-state index contributed by atoms with van der Waals surface area (Å²) < 4.78 is 45.6. The van der Waals surface area contributed by atoms with Crippen LogP contribution in [0, 0.1) is 17.8 Å². The summed E-state index contributed by atoms with van der Waals surface area (Å²) in [5, 5.41) is 0. The second kappa shape index (κ2) is 8.87. The summed E-state index contributed by atoms with van der Waals surface area (Å²) in [4.78, 5) is 57.2. The molecule has 0 bridgehead atoms. The Morgan fingerprint density at radius 2 is 1.72 bits per heavy atom. The Bertz CT molecular complexity index is 1400. The molecule has 3 heterocycles. The molecule has 4 aliphatic rings. The van der Waals surface area contributed by atoms with Crippen LogP contribution in [0.15, 0.2) is 66.2 Å². The first kappa shape index (κ1) is 25.5. The van der Waals surface area contributed by atoms with Crippen molar-refractivity contribution in [2.45, 2.75) is 37.5 Å². The Morgan fingerprint density at radius 1 is 1.03 bits per heavy atom. The zero-order valence-electron chi connectivity index (χ0n) is 21.0. The minimum atomic E-state index is -4.55. The molecule has 202 valence electrons. The quantitative estimate of drug-likeness (QED) is 0.431. The number of benzene rings is 2. The van der Waals surface area contributed by atoms with Crippen molar-refractivity contribution in [3.63, 3.8) is 0 Å². The van der Waals surface area contributed by atoms with E-state index in [2.05, 4.69) is 0 Å². The fourth-order valence-electron chi connectivity index (χ4n) is 7.00. The molecule has 5 atom stereocenters. The summed E-state index contributed by atoms with van der Waals surface area (Å²) in [5.41, 5.74) is -0.886. The minimum Gasteiger partial charge on any atom is -0.465 e. The lowest BCUT2D eigenvalue weighted by Crippen LogP contribution is -2.62. The Balaban J connectivity index is 1.54. The average molecular weight is 539 g/mol. The molecule has 1 aliphatic carbocycles. The van der Waals surface area contributed by atoms with E-state index in [1.807, 2.05) is 0 Å². The van der Waals surface area contributed by atoms with E-state index in [4.69, 9.17) is 4.74 Å². The van der Waals surface area contributed by atoms with E-state index in [1.54, 1.807) is 42.2 Å². The number of carbonyl (C=O) groups excluding carboxylic acids is 4. The lowest BCUT2D eigenvalue weighted by atomic mass is 9.71. The van der Waals surface area contributed by atoms with Gasteiger partial charge in [0.2, 0.25) is 11.8 Å². The predicted molar refractivity (Wildman–Crippen MR) is 132 cm³/mol. The second-order valence-electron chi connectivity index (χ2n) is 10.5. The second-order valence-corrected chi connectivity index (χ2v) is 10.5. The van der Waals surface area contributed by atoms with Crippen LogP contribution >= 0.6 is 0 Å². The van der Waals surface area contributed by atoms with Crippen LogP contribution in [0.1, 0.15) is 36.9 Å². The molecule has 0 radical (unpaired) electrons. The summed E-state index contributed by atoms with van der Waals surface area (Å²) >= 11 is 0. The van der Waals surface area contributed by atoms with E-state index in [0.29, 0.717) is 11.3 Å². The van der Waals surface area contributed by atoms with Crippen molar-refractivity contribution in [2.75, 3.05) is 18.1 Å². The van der Waals surface area contributed by atoms with Crippen molar-refractivity contribution in [1.82, 2.24) is 4.90 Å². The molecule has 3 aliphatic heterocycles. The highest BCUT2D eigenvalue weighted by Crippen LogP contribution is 2.61. The molecule has 0 N–H and O–H groups in total. The van der Waals surface area contributed by atoms with Crippen LogP contribution in [0.2, 0.25) is 0 Å². The van der Waals surface area contributed by atoms with Crippen LogP contribution < -0.4 is 4.90 Å². The molecule has 2 amide bonds. The smallest absolute Gasteiger partial charge is 0.416 e. The molecule has 0 spiro atoms. The molecule has 7 nitrogen and oxygen atoms in total. The molecule has 10 heteroatoms. The summed E-state index contributed by atoms with van der Waals surface area (Å²) in [5.74, 6) is -4.28. The molecular weight excluding hydrogens is 513 g/mol. The number of nitrogens with zero attached hydrogens (tertiary/aromatic N) is 2. The first-order valence-electron chi connectivity index (χ1n) is 12.8. The Morgan fingerprint density at radius 3 is 2.36 bits per heavy atom. The van der Waals surface area contributed by atoms with Gasteiger partial charge < -0.3 is 4.74 Å². The van der Waals surface area contributed by atoms with E-state index in [0.717, 1.165) is 22.6 Å². The highest BCUT2D eigenvalue weighted by Gasteiger charge is 2.74. The number of para-hydroxylation sites is 1. The number of esters is 1. The zero-order chi connectivity index (χ0) is 27.7. The van der Waals surface area contributed by atoms with Gasteiger partial charge in [-0.25, -0.2) is 4.90 Å². The summed E-state index contributed by atoms with van der Waals surface area (Å²) in [6, 6.07) is 12.0. The number of imide groups is 1. The molecular formula is C29H25F3N2O5. The van der Waals surface area contributed by atoms with Gasteiger partial charge in [0, 0.05) is 19.0 Å². The van der Waals surface area contributed by atoms with Gasteiger partial charge in [-0.3, -0.25) is 24.1 Å². The number of hydrogen-bond donors (Lipinski definition) is 0. The molecule has 0 aromatic heterocycles. The Kier molecular flexibility index (Phi) is 5.80. The van der Waals surface area contributed by atoms with Crippen LogP contribution in [0.25, 0.3) is 0 Å². The number of fused-ring (bicyclic) bond motifs is 4. The number of piperidine rings is 1. The van der Waals surface area contributed by atoms with Crippen LogP contribution in [0.5, 0.6) is 0 Å². The van der Waals surface area contributed by atoms with Crippen LogP contribution in [-0.2, 0) is 30.1 Å². The van der Waals surface area contributed by atoms with Crippen molar-refractivity contribution in [1.29, 1.82) is 0 Å². The average Bonchev–Trinajstić information content (AvgIpc) is 3.50. The summed E-state index contributed by atoms with van der Waals surface area (Å²) in [7, 11) is 0. The largest absolute Gasteiger partial charge is 0.465 e. The number of amides is 2. The van der Waals surface area contributed by atoms with Crippen molar-refractivity contribution < 1.29 is 37.1 Å². The lowest BCUT2D eigenvalue weighted by Gasteiger charge is -2.47. The highest BCUT2D eigenvalue weighted by molar-refractivity contribution is 6.24. The van der Waals surface area contributed by atoms with E-state index in [9.17, 15) is 32.3 Å². The first-order valence-corrected chi connectivity index (χ1v) is 12.8. The topological polar surface area (TPSA) is 84.0 Å². The summed E-state index contributed by atoms with van der Waals surface area (Å²) in [6.07, 6.45) is -2.72. The standard InChI is InChI=1S/C29H25F3N2O5/c1-2-39-27(38)28-14-17-12-21(35)13-18(17)15-33(28)24(16-8-10-19(11-9-16)29(30,31)32)22-23(28)26(37)34(25(22)36)20-6-4-3-5-7-20/h3-11,13,17,22-24H,2,12,14-15H2,1H3/t17-,22-,23-,24-,28-/m1/s1. The Labute approximate surface area is 222 Å². The maximum absolute atomic E-state index is 14.1. The number of anilines is 1.